The third-order valence-corrected chi connectivity index (χ3v) is 2.41. The Labute approximate surface area is 120 Å². The van der Waals surface area contributed by atoms with Gasteiger partial charge in [-0.15, -0.1) is 0 Å². The number of carbonyl (C=O) groups excluding carboxylic acids is 1. The molecule has 20 heavy (non-hydrogen) atoms. The molecule has 0 fully saturated rings. The number of rotatable bonds is 4. The molecular formula is C16H20N2O2. The Balaban J connectivity index is 2.38. The van der Waals surface area contributed by atoms with Crippen molar-refractivity contribution in [1.82, 2.24) is 5.32 Å². The van der Waals surface area contributed by atoms with Crippen LogP contribution in [0.25, 0.3) is 6.08 Å². The second-order valence-corrected chi connectivity index (χ2v) is 5.38. The van der Waals surface area contributed by atoms with E-state index in [0.717, 1.165) is 17.5 Å². The highest BCUT2D eigenvalue weighted by Crippen LogP contribution is 2.08. The number of allylic oxidation sites excluding steroid dienone is 1. The Bertz CT molecular complexity index is 505. The van der Waals surface area contributed by atoms with E-state index >= 15 is 0 Å². The first-order chi connectivity index (χ1) is 9.40. The van der Waals surface area contributed by atoms with E-state index in [1.807, 2.05) is 51.1 Å². The van der Waals surface area contributed by atoms with E-state index in [2.05, 4.69) is 5.32 Å². The van der Waals surface area contributed by atoms with Crippen LogP contribution in [0.4, 0.5) is 4.79 Å². The summed E-state index contributed by atoms with van der Waals surface area (Å²) in [4.78, 5) is 11.4. The molecule has 0 unspecified atom stereocenters. The molecule has 4 heteroatoms. The van der Waals surface area contributed by atoms with Crippen LogP contribution >= 0.6 is 0 Å². The molecule has 0 heterocycles. The molecule has 0 atom stereocenters. The molecule has 1 aromatic carbocycles. The SMILES string of the molecule is CC(C)(C)OC(=O)NCCc1ccc(/C=C/C#N)cc1. The monoisotopic (exact) mass is 272 g/mol. The minimum Gasteiger partial charge on any atom is -0.444 e. The van der Waals surface area contributed by atoms with E-state index in [1.165, 1.54) is 6.08 Å². The molecule has 0 bridgehead atoms. The predicted octanol–water partition coefficient (Wildman–Crippen LogP) is 3.29. The van der Waals surface area contributed by atoms with Crippen LogP contribution in [0.5, 0.6) is 0 Å². The van der Waals surface area contributed by atoms with Gasteiger partial charge in [-0.3, -0.25) is 0 Å². The van der Waals surface area contributed by atoms with Gasteiger partial charge in [0.05, 0.1) is 6.07 Å². The van der Waals surface area contributed by atoms with Gasteiger partial charge in [0.2, 0.25) is 0 Å². The number of hydrogen-bond donors (Lipinski definition) is 1. The lowest BCUT2D eigenvalue weighted by Crippen LogP contribution is -2.33. The lowest BCUT2D eigenvalue weighted by atomic mass is 10.1. The summed E-state index contributed by atoms with van der Waals surface area (Å²) in [6, 6.07) is 9.80. The molecule has 0 radical (unpaired) electrons. The molecule has 0 aromatic heterocycles. The average molecular weight is 272 g/mol. The number of alkyl carbamates (subject to hydrolysis) is 1. The molecule has 1 N–H and O–H groups in total. The third-order valence-electron chi connectivity index (χ3n) is 2.41. The van der Waals surface area contributed by atoms with Crippen LogP contribution in [0.1, 0.15) is 31.9 Å². The van der Waals surface area contributed by atoms with Gasteiger partial charge in [-0.1, -0.05) is 24.3 Å². The van der Waals surface area contributed by atoms with Crippen LogP contribution in [0.2, 0.25) is 0 Å². The van der Waals surface area contributed by atoms with Gasteiger partial charge in [0, 0.05) is 12.6 Å². The molecule has 1 amide bonds. The largest absolute Gasteiger partial charge is 0.444 e. The summed E-state index contributed by atoms with van der Waals surface area (Å²) in [5.74, 6) is 0. The standard InChI is InChI=1S/C16H20N2O2/c1-16(2,3)20-15(19)18-12-10-14-8-6-13(7-9-14)5-4-11-17/h4-9H,10,12H2,1-3H3,(H,18,19)/b5-4+. The van der Waals surface area contributed by atoms with Crippen molar-refractivity contribution in [2.45, 2.75) is 32.8 Å². The summed E-state index contributed by atoms with van der Waals surface area (Å²) in [6.07, 6.45) is 3.54. The molecule has 106 valence electrons. The van der Waals surface area contributed by atoms with Crippen LogP contribution in [0.3, 0.4) is 0 Å². The first kappa shape index (κ1) is 15.8. The van der Waals surface area contributed by atoms with Gasteiger partial charge in [-0.25, -0.2) is 4.79 Å². The molecule has 0 aliphatic heterocycles. The summed E-state index contributed by atoms with van der Waals surface area (Å²) in [7, 11) is 0. The van der Waals surface area contributed by atoms with Crippen molar-refractivity contribution in [3.05, 3.63) is 41.5 Å². The number of amides is 1. The number of benzene rings is 1. The molecule has 0 spiro atoms. The number of nitriles is 1. The van der Waals surface area contributed by atoms with E-state index in [1.54, 1.807) is 6.08 Å². The van der Waals surface area contributed by atoms with Gasteiger partial charge in [0.25, 0.3) is 0 Å². The molecule has 1 aromatic rings. The molecule has 1 rings (SSSR count). The maximum atomic E-state index is 11.4. The fourth-order valence-electron chi connectivity index (χ4n) is 1.55. The quantitative estimate of drug-likeness (QED) is 0.855. The Kier molecular flexibility index (Phi) is 5.79. The fourth-order valence-corrected chi connectivity index (χ4v) is 1.55. The zero-order valence-corrected chi connectivity index (χ0v) is 12.1. The summed E-state index contributed by atoms with van der Waals surface area (Å²) in [5, 5.41) is 11.2. The summed E-state index contributed by atoms with van der Waals surface area (Å²) < 4.78 is 5.15. The zero-order chi connectivity index (χ0) is 15.0. The lowest BCUT2D eigenvalue weighted by Gasteiger charge is -2.19. The van der Waals surface area contributed by atoms with Crippen LogP contribution in [-0.2, 0) is 11.2 Å². The van der Waals surface area contributed by atoms with Gasteiger partial charge in [-0.05, 0) is 44.4 Å². The highest BCUT2D eigenvalue weighted by Gasteiger charge is 2.15. The van der Waals surface area contributed by atoms with Crippen LogP contribution in [0.15, 0.2) is 30.3 Å². The van der Waals surface area contributed by atoms with E-state index in [0.29, 0.717) is 6.54 Å². The van der Waals surface area contributed by atoms with Gasteiger partial charge in [0.1, 0.15) is 5.60 Å². The smallest absolute Gasteiger partial charge is 0.407 e. The Morgan fingerprint density at radius 1 is 1.35 bits per heavy atom. The van der Waals surface area contributed by atoms with Crippen LogP contribution < -0.4 is 5.32 Å². The Morgan fingerprint density at radius 2 is 2.00 bits per heavy atom. The van der Waals surface area contributed by atoms with Crippen molar-refractivity contribution in [3.63, 3.8) is 0 Å². The van der Waals surface area contributed by atoms with E-state index in [-0.39, 0.29) is 0 Å². The van der Waals surface area contributed by atoms with E-state index < -0.39 is 11.7 Å². The van der Waals surface area contributed by atoms with Gasteiger partial charge in [0.15, 0.2) is 0 Å². The molecule has 0 aliphatic carbocycles. The van der Waals surface area contributed by atoms with E-state index in [9.17, 15) is 4.79 Å². The average Bonchev–Trinajstić information content (AvgIpc) is 2.35. The minimum atomic E-state index is -0.473. The molecule has 0 saturated heterocycles. The number of nitrogens with one attached hydrogen (secondary N) is 1. The first-order valence-corrected chi connectivity index (χ1v) is 6.53. The second kappa shape index (κ2) is 7.34. The molecule has 4 nitrogen and oxygen atoms in total. The normalized spacial score (nSPS) is 11.1. The van der Waals surface area contributed by atoms with Crippen LogP contribution in [-0.4, -0.2) is 18.2 Å². The number of hydrogen-bond acceptors (Lipinski definition) is 3. The zero-order valence-electron chi connectivity index (χ0n) is 12.1. The maximum Gasteiger partial charge on any atom is 0.407 e. The van der Waals surface area contributed by atoms with Crippen molar-refractivity contribution in [1.29, 1.82) is 5.26 Å². The Hall–Kier alpha value is -2.28. The summed E-state index contributed by atoms with van der Waals surface area (Å²) >= 11 is 0. The fraction of sp³-hybridized carbons (Fsp3) is 0.375. The van der Waals surface area contributed by atoms with Gasteiger partial charge in [-0.2, -0.15) is 5.26 Å². The predicted molar refractivity (Wildman–Crippen MR) is 79.0 cm³/mol. The lowest BCUT2D eigenvalue weighted by molar-refractivity contribution is 0.0528. The van der Waals surface area contributed by atoms with Crippen molar-refractivity contribution in [3.8, 4) is 6.07 Å². The molecular weight excluding hydrogens is 252 g/mol. The summed E-state index contributed by atoms with van der Waals surface area (Å²) in [5.41, 5.74) is 1.63. The molecule has 0 saturated carbocycles. The number of ether oxygens (including phenoxy) is 1. The highest BCUT2D eigenvalue weighted by atomic mass is 16.6. The highest BCUT2D eigenvalue weighted by molar-refractivity contribution is 5.67. The molecule has 0 aliphatic rings. The van der Waals surface area contributed by atoms with Crippen molar-refractivity contribution < 1.29 is 9.53 Å². The maximum absolute atomic E-state index is 11.4. The van der Waals surface area contributed by atoms with Crippen LogP contribution in [0, 0.1) is 11.3 Å². The number of carbonyl (C=O) groups is 1. The summed E-state index contributed by atoms with van der Waals surface area (Å²) in [6.45, 7) is 6.03. The first-order valence-electron chi connectivity index (χ1n) is 6.53. The van der Waals surface area contributed by atoms with Crippen molar-refractivity contribution >= 4 is 12.2 Å². The topological polar surface area (TPSA) is 62.1 Å². The number of nitrogens with zero attached hydrogens (tertiary/aromatic N) is 1. The van der Waals surface area contributed by atoms with Gasteiger partial charge < -0.3 is 10.1 Å². The van der Waals surface area contributed by atoms with Crippen molar-refractivity contribution in [2.75, 3.05) is 6.54 Å². The second-order valence-electron chi connectivity index (χ2n) is 5.38. The third kappa shape index (κ3) is 6.60. The minimum absolute atomic E-state index is 0.397. The van der Waals surface area contributed by atoms with Gasteiger partial charge >= 0.3 is 6.09 Å². The van der Waals surface area contributed by atoms with E-state index in [4.69, 9.17) is 10.00 Å². The Morgan fingerprint density at radius 3 is 2.55 bits per heavy atom. The van der Waals surface area contributed by atoms with Crippen molar-refractivity contribution in [2.24, 2.45) is 0 Å².